The molecular weight excluding hydrogens is 573 g/mol. The quantitative estimate of drug-likeness (QED) is 0.240. The molecule has 3 aromatic rings. The summed E-state index contributed by atoms with van der Waals surface area (Å²) in [5.41, 5.74) is 8.40. The van der Waals surface area contributed by atoms with Gasteiger partial charge in [0.1, 0.15) is 29.4 Å². The Kier molecular flexibility index (Phi) is 10.5. The number of nitrogens with two attached hydrogens (primary N) is 1. The highest BCUT2D eigenvalue weighted by atomic mass is 19.1. The van der Waals surface area contributed by atoms with Crippen LogP contribution in [0.4, 0.5) is 15.0 Å². The number of aromatic nitrogens is 1. The number of benzene rings is 2. The molecule has 4 rings (SSSR count). The predicted octanol–water partition coefficient (Wildman–Crippen LogP) is 7.26. The second-order valence-electron chi connectivity index (χ2n) is 13.1. The van der Waals surface area contributed by atoms with Gasteiger partial charge in [-0.2, -0.15) is 0 Å². The molecule has 1 fully saturated rings. The van der Waals surface area contributed by atoms with E-state index in [4.69, 9.17) is 15.2 Å². The summed E-state index contributed by atoms with van der Waals surface area (Å²) in [4.78, 5) is 41.5. The molecule has 1 aliphatic carbocycles. The highest BCUT2D eigenvalue weighted by Crippen LogP contribution is 2.28. The van der Waals surface area contributed by atoms with Crippen LogP contribution in [0.1, 0.15) is 83.4 Å². The number of anilines is 1. The predicted molar refractivity (Wildman–Crippen MR) is 174 cm³/mol. The van der Waals surface area contributed by atoms with Crippen LogP contribution in [0.2, 0.25) is 0 Å². The molecule has 0 aliphatic heterocycles. The van der Waals surface area contributed by atoms with Gasteiger partial charge >= 0.3 is 12.1 Å². The van der Waals surface area contributed by atoms with Gasteiger partial charge in [-0.1, -0.05) is 44.7 Å². The maximum Gasteiger partial charge on any atom is 0.411 e. The van der Waals surface area contributed by atoms with Gasteiger partial charge in [0.25, 0.3) is 5.56 Å². The maximum atomic E-state index is 13.5. The molecule has 1 saturated carbocycles. The number of rotatable bonds is 10. The SMILES string of the molecule is C=C(c1ccc(F)cc1)c1ccc(=O)n(-c2ccc(CN(C(=O)OC(C)(C)C)[C@@H](CC(C)C)C(=O)OC3CCCC3)cc2)c1N. The third-order valence-electron chi connectivity index (χ3n) is 7.75. The fourth-order valence-corrected chi connectivity index (χ4v) is 5.50. The minimum Gasteiger partial charge on any atom is -0.461 e. The van der Waals surface area contributed by atoms with Crippen LogP contribution in [0.25, 0.3) is 11.3 Å². The van der Waals surface area contributed by atoms with Gasteiger partial charge in [0.2, 0.25) is 0 Å². The van der Waals surface area contributed by atoms with Crippen molar-refractivity contribution >= 4 is 23.5 Å². The number of ether oxygens (including phenoxy) is 2. The van der Waals surface area contributed by atoms with E-state index in [1.807, 2.05) is 13.8 Å². The monoisotopic (exact) mass is 617 g/mol. The molecule has 0 radical (unpaired) electrons. The standard InChI is InChI=1S/C36H44FN3O5/c1-23(2)21-31(34(42)44-29-9-7-8-10-29)39(35(43)45-36(4,5)6)22-25-11-17-28(18-12-25)40-32(41)20-19-30(33(40)38)24(3)26-13-15-27(37)16-14-26/h11-20,23,29,31H,3,7-10,21-22,38H2,1-2,4-6H3/t31-/m0/s1. The van der Waals surface area contributed by atoms with Crippen molar-refractivity contribution in [3.05, 3.63) is 100 Å². The summed E-state index contributed by atoms with van der Waals surface area (Å²) in [6.07, 6.45) is 3.37. The summed E-state index contributed by atoms with van der Waals surface area (Å²) in [6, 6.07) is 15.1. The first kappa shape index (κ1) is 33.5. The largest absolute Gasteiger partial charge is 0.461 e. The number of amides is 1. The second-order valence-corrected chi connectivity index (χ2v) is 13.1. The van der Waals surface area contributed by atoms with E-state index >= 15 is 0 Å². The summed E-state index contributed by atoms with van der Waals surface area (Å²) in [6.45, 7) is 13.6. The number of nitrogen functional groups attached to an aromatic ring is 1. The Morgan fingerprint density at radius 1 is 1.02 bits per heavy atom. The van der Waals surface area contributed by atoms with Gasteiger partial charge < -0.3 is 15.2 Å². The van der Waals surface area contributed by atoms with Crippen molar-refractivity contribution in [2.45, 2.75) is 91.0 Å². The Hall–Kier alpha value is -4.40. The summed E-state index contributed by atoms with van der Waals surface area (Å²) < 4.78 is 26.5. The lowest BCUT2D eigenvalue weighted by atomic mass is 10.00. The summed E-state index contributed by atoms with van der Waals surface area (Å²) >= 11 is 0. The molecule has 0 bridgehead atoms. The van der Waals surface area contributed by atoms with Gasteiger partial charge in [-0.15, -0.1) is 0 Å². The zero-order chi connectivity index (χ0) is 32.9. The zero-order valence-corrected chi connectivity index (χ0v) is 26.8. The van der Waals surface area contributed by atoms with Crippen LogP contribution in [0, 0.1) is 11.7 Å². The Bertz CT molecular complexity index is 1570. The summed E-state index contributed by atoms with van der Waals surface area (Å²) in [5.74, 6) is -0.483. The van der Waals surface area contributed by atoms with E-state index in [1.165, 1.54) is 27.7 Å². The minimum absolute atomic E-state index is 0.0954. The lowest BCUT2D eigenvalue weighted by molar-refractivity contribution is -0.156. The Labute approximate surface area is 264 Å². The van der Waals surface area contributed by atoms with Crippen LogP contribution in [0.3, 0.4) is 0 Å². The van der Waals surface area contributed by atoms with Crippen molar-refractivity contribution < 1.29 is 23.5 Å². The van der Waals surface area contributed by atoms with Gasteiger partial charge in [0.15, 0.2) is 0 Å². The van der Waals surface area contributed by atoms with Gasteiger partial charge in [0, 0.05) is 18.2 Å². The van der Waals surface area contributed by atoms with E-state index < -0.39 is 23.7 Å². The highest BCUT2D eigenvalue weighted by Gasteiger charge is 2.36. The first-order valence-electron chi connectivity index (χ1n) is 15.5. The lowest BCUT2D eigenvalue weighted by Crippen LogP contribution is -2.48. The van der Waals surface area contributed by atoms with E-state index in [2.05, 4.69) is 6.58 Å². The van der Waals surface area contributed by atoms with Crippen LogP contribution < -0.4 is 11.3 Å². The number of carbonyl (C=O) groups excluding carboxylic acids is 2. The topological polar surface area (TPSA) is 104 Å². The molecule has 1 heterocycles. The van der Waals surface area contributed by atoms with E-state index in [0.29, 0.717) is 28.8 Å². The molecule has 1 aromatic heterocycles. The van der Waals surface area contributed by atoms with Crippen LogP contribution in [0.15, 0.2) is 72.0 Å². The van der Waals surface area contributed by atoms with E-state index in [0.717, 1.165) is 31.2 Å². The molecule has 1 aliphatic rings. The number of esters is 1. The molecule has 2 aromatic carbocycles. The van der Waals surface area contributed by atoms with E-state index in [-0.39, 0.29) is 35.8 Å². The summed E-state index contributed by atoms with van der Waals surface area (Å²) in [5, 5.41) is 0. The third-order valence-corrected chi connectivity index (χ3v) is 7.75. The molecule has 1 atom stereocenters. The van der Waals surface area contributed by atoms with Gasteiger partial charge in [0.05, 0.1) is 5.69 Å². The second kappa shape index (κ2) is 14.1. The lowest BCUT2D eigenvalue weighted by Gasteiger charge is -2.34. The molecule has 0 saturated heterocycles. The number of halogens is 1. The molecule has 1 amide bonds. The number of hydrogen-bond acceptors (Lipinski definition) is 6. The van der Waals surface area contributed by atoms with Gasteiger partial charge in [-0.3, -0.25) is 14.3 Å². The van der Waals surface area contributed by atoms with Crippen molar-refractivity contribution in [2.24, 2.45) is 5.92 Å². The fraction of sp³-hybridized carbons (Fsp3) is 0.417. The highest BCUT2D eigenvalue weighted by molar-refractivity contribution is 5.83. The Morgan fingerprint density at radius 2 is 1.64 bits per heavy atom. The molecule has 240 valence electrons. The normalized spacial score (nSPS) is 14.3. The molecular formula is C36H44FN3O5. The number of nitrogens with zero attached hydrogens (tertiary/aromatic N) is 2. The first-order valence-corrected chi connectivity index (χ1v) is 15.5. The van der Waals surface area contributed by atoms with Crippen molar-refractivity contribution in [3.8, 4) is 5.69 Å². The molecule has 9 heteroatoms. The van der Waals surface area contributed by atoms with Gasteiger partial charge in [-0.25, -0.2) is 14.0 Å². The molecule has 2 N–H and O–H groups in total. The average Bonchev–Trinajstić information content (AvgIpc) is 3.48. The Balaban J connectivity index is 1.64. The van der Waals surface area contributed by atoms with Crippen molar-refractivity contribution in [1.29, 1.82) is 0 Å². The van der Waals surface area contributed by atoms with Crippen molar-refractivity contribution in [2.75, 3.05) is 5.73 Å². The molecule has 45 heavy (non-hydrogen) atoms. The van der Waals surface area contributed by atoms with E-state index in [9.17, 15) is 18.8 Å². The third kappa shape index (κ3) is 8.62. The number of hydrogen-bond donors (Lipinski definition) is 1. The van der Waals surface area contributed by atoms with Crippen LogP contribution in [-0.4, -0.2) is 39.3 Å². The number of pyridine rings is 1. The minimum atomic E-state index is -0.826. The van der Waals surface area contributed by atoms with Gasteiger partial charge in [-0.05, 0) is 106 Å². The fourth-order valence-electron chi connectivity index (χ4n) is 5.50. The van der Waals surface area contributed by atoms with Crippen LogP contribution in [-0.2, 0) is 20.8 Å². The smallest absolute Gasteiger partial charge is 0.411 e. The van der Waals surface area contributed by atoms with Crippen molar-refractivity contribution in [1.82, 2.24) is 9.47 Å². The van der Waals surface area contributed by atoms with Crippen LogP contribution >= 0.6 is 0 Å². The molecule has 0 spiro atoms. The van der Waals surface area contributed by atoms with Crippen molar-refractivity contribution in [3.63, 3.8) is 0 Å². The van der Waals surface area contributed by atoms with Crippen LogP contribution in [0.5, 0.6) is 0 Å². The molecule has 8 nitrogen and oxygen atoms in total. The number of carbonyl (C=O) groups is 2. The Morgan fingerprint density at radius 3 is 2.22 bits per heavy atom. The van der Waals surface area contributed by atoms with E-state index in [1.54, 1.807) is 63.2 Å². The zero-order valence-electron chi connectivity index (χ0n) is 26.8. The molecule has 0 unspecified atom stereocenters. The summed E-state index contributed by atoms with van der Waals surface area (Å²) in [7, 11) is 0. The first-order chi connectivity index (χ1) is 21.2. The maximum absolute atomic E-state index is 13.5. The average molecular weight is 618 g/mol.